The third kappa shape index (κ3) is 3.09. The number of fused-ring (bicyclic) bond motifs is 5. The lowest BCUT2D eigenvalue weighted by Gasteiger charge is -2.35. The molecule has 0 radical (unpaired) electrons. The minimum Gasteiger partial charge on any atom is -0.422 e. The third-order valence-corrected chi connectivity index (χ3v) is 5.93. The van der Waals surface area contributed by atoms with Crippen LogP contribution in [0.2, 0.25) is 0 Å². The van der Waals surface area contributed by atoms with Gasteiger partial charge in [0.1, 0.15) is 16.8 Å². The molecule has 4 rings (SSSR count). The zero-order valence-corrected chi connectivity index (χ0v) is 16.9. The van der Waals surface area contributed by atoms with Gasteiger partial charge in [0.05, 0.1) is 0 Å². The second-order valence-corrected chi connectivity index (χ2v) is 8.73. The highest BCUT2D eigenvalue weighted by Gasteiger charge is 2.32. The van der Waals surface area contributed by atoms with Crippen molar-refractivity contribution >= 4 is 33.5 Å². The molecule has 5 heteroatoms. The number of carbonyl (C=O) groups excluding carboxylic acids is 1. The van der Waals surface area contributed by atoms with E-state index in [2.05, 4.69) is 26.1 Å². The van der Waals surface area contributed by atoms with E-state index in [0.29, 0.717) is 29.1 Å². The molecule has 2 aromatic heterocycles. The van der Waals surface area contributed by atoms with Crippen molar-refractivity contribution in [1.82, 2.24) is 4.98 Å². The van der Waals surface area contributed by atoms with Crippen LogP contribution < -0.4 is 10.9 Å². The zero-order valence-electron chi connectivity index (χ0n) is 16.9. The van der Waals surface area contributed by atoms with Crippen LogP contribution in [0.3, 0.4) is 0 Å². The van der Waals surface area contributed by atoms with E-state index in [-0.39, 0.29) is 11.3 Å². The Hall–Kier alpha value is -2.69. The smallest absolute Gasteiger partial charge is 0.347 e. The van der Waals surface area contributed by atoms with Crippen LogP contribution in [-0.4, -0.2) is 10.9 Å². The van der Waals surface area contributed by atoms with Gasteiger partial charge in [0.25, 0.3) is 0 Å². The zero-order chi connectivity index (χ0) is 20.1. The highest BCUT2D eigenvalue weighted by atomic mass is 16.4. The van der Waals surface area contributed by atoms with Gasteiger partial charge in [-0.25, -0.2) is 9.78 Å². The Morgan fingerprint density at radius 2 is 2.00 bits per heavy atom. The van der Waals surface area contributed by atoms with Crippen LogP contribution in [0, 0.1) is 11.3 Å². The van der Waals surface area contributed by atoms with Gasteiger partial charge in [-0.1, -0.05) is 45.9 Å². The van der Waals surface area contributed by atoms with Gasteiger partial charge in [-0.15, -0.1) is 0 Å². The summed E-state index contributed by atoms with van der Waals surface area (Å²) in [6, 6.07) is 7.61. The number of benzene rings is 1. The average molecular weight is 378 g/mol. The predicted octanol–water partition coefficient (Wildman–Crippen LogP) is 4.84. The molecular formula is C23H26N2O3. The summed E-state index contributed by atoms with van der Waals surface area (Å²) in [5, 5.41) is 4.99. The Kier molecular flexibility index (Phi) is 4.48. The van der Waals surface area contributed by atoms with Gasteiger partial charge in [-0.3, -0.25) is 4.79 Å². The molecule has 0 saturated carbocycles. The quantitative estimate of drug-likeness (QED) is 0.511. The Morgan fingerprint density at radius 3 is 2.71 bits per heavy atom. The Bertz CT molecular complexity index is 1140. The van der Waals surface area contributed by atoms with E-state index in [4.69, 9.17) is 9.40 Å². The fourth-order valence-corrected chi connectivity index (χ4v) is 4.22. The van der Waals surface area contributed by atoms with Gasteiger partial charge in [0.2, 0.25) is 5.91 Å². The van der Waals surface area contributed by atoms with Gasteiger partial charge in [0.15, 0.2) is 0 Å². The third-order valence-electron chi connectivity index (χ3n) is 5.93. The van der Waals surface area contributed by atoms with E-state index in [1.54, 1.807) is 6.92 Å². The number of nitrogens with one attached hydrogen (secondary N) is 1. The molecule has 1 aliphatic carbocycles. The summed E-state index contributed by atoms with van der Waals surface area (Å²) in [6.45, 7) is 8.57. The number of carbonyl (C=O) groups is 1. The fourth-order valence-electron chi connectivity index (χ4n) is 4.22. The summed E-state index contributed by atoms with van der Waals surface area (Å²) in [4.78, 5) is 29.7. The van der Waals surface area contributed by atoms with Crippen molar-refractivity contribution in [3.05, 3.63) is 45.9 Å². The van der Waals surface area contributed by atoms with Crippen molar-refractivity contribution in [2.45, 2.75) is 53.4 Å². The first-order valence-corrected chi connectivity index (χ1v) is 9.96. The largest absolute Gasteiger partial charge is 0.422 e. The van der Waals surface area contributed by atoms with E-state index >= 15 is 0 Å². The molecule has 2 heterocycles. The van der Waals surface area contributed by atoms with Crippen molar-refractivity contribution in [2.24, 2.45) is 11.3 Å². The average Bonchev–Trinajstić information content (AvgIpc) is 2.66. The molecule has 1 amide bonds. The van der Waals surface area contributed by atoms with Gasteiger partial charge in [0, 0.05) is 22.9 Å². The van der Waals surface area contributed by atoms with Crippen LogP contribution in [0.25, 0.3) is 21.7 Å². The Balaban J connectivity index is 2.07. The minimum absolute atomic E-state index is 0.162. The van der Waals surface area contributed by atoms with Crippen LogP contribution in [0.15, 0.2) is 33.5 Å². The standard InChI is InChI=1S/C23H26N2O3/c1-5-18(26)25-21-20-19(14-8-6-7-9-17(14)28-22(20)27)15-12-13(23(2,3)4)10-11-16(15)24-21/h6-9,13H,5,10-12H2,1-4H3,(H,24,25,26)/t13-/m1/s1. The van der Waals surface area contributed by atoms with E-state index < -0.39 is 5.63 Å². The maximum atomic E-state index is 12.9. The normalized spacial score (nSPS) is 16.9. The summed E-state index contributed by atoms with van der Waals surface area (Å²) in [6.07, 6.45) is 3.09. The first-order chi connectivity index (χ1) is 13.3. The van der Waals surface area contributed by atoms with Crippen molar-refractivity contribution in [2.75, 3.05) is 5.32 Å². The second-order valence-electron chi connectivity index (χ2n) is 8.73. The number of anilines is 1. The Labute approximate surface area is 164 Å². The molecule has 0 saturated heterocycles. The molecule has 0 bridgehead atoms. The Morgan fingerprint density at radius 1 is 1.25 bits per heavy atom. The molecule has 3 aromatic rings. The van der Waals surface area contributed by atoms with E-state index in [9.17, 15) is 9.59 Å². The number of rotatable bonds is 2. The van der Waals surface area contributed by atoms with Crippen molar-refractivity contribution in [3.63, 3.8) is 0 Å². The monoisotopic (exact) mass is 378 g/mol. The van der Waals surface area contributed by atoms with E-state index in [0.717, 1.165) is 41.3 Å². The van der Waals surface area contributed by atoms with E-state index in [1.807, 2.05) is 24.3 Å². The molecule has 1 aliphatic rings. The summed E-state index contributed by atoms with van der Waals surface area (Å²) in [7, 11) is 0. The highest BCUT2D eigenvalue weighted by Crippen LogP contribution is 2.41. The van der Waals surface area contributed by atoms with E-state index in [1.165, 1.54) is 0 Å². The van der Waals surface area contributed by atoms with Gasteiger partial charge in [-0.2, -0.15) is 0 Å². The fraction of sp³-hybridized carbons (Fsp3) is 0.435. The molecule has 0 unspecified atom stereocenters. The number of aromatic nitrogens is 1. The van der Waals surface area contributed by atoms with Crippen molar-refractivity contribution in [3.8, 4) is 0 Å². The summed E-state index contributed by atoms with van der Waals surface area (Å²) < 4.78 is 5.57. The highest BCUT2D eigenvalue weighted by molar-refractivity contribution is 6.11. The molecular weight excluding hydrogens is 352 g/mol. The molecule has 1 atom stereocenters. The van der Waals surface area contributed by atoms with Crippen LogP contribution in [-0.2, 0) is 17.6 Å². The molecule has 28 heavy (non-hydrogen) atoms. The number of hydrogen-bond donors (Lipinski definition) is 1. The number of pyridine rings is 1. The van der Waals surface area contributed by atoms with Crippen molar-refractivity contribution < 1.29 is 9.21 Å². The predicted molar refractivity (Wildman–Crippen MR) is 112 cm³/mol. The summed E-state index contributed by atoms with van der Waals surface area (Å²) in [5.74, 6) is 0.672. The van der Waals surface area contributed by atoms with Gasteiger partial charge in [-0.05, 0) is 42.2 Å². The second kappa shape index (κ2) is 6.73. The lowest BCUT2D eigenvalue weighted by atomic mass is 9.71. The van der Waals surface area contributed by atoms with Crippen LogP contribution in [0.4, 0.5) is 5.82 Å². The number of para-hydroxylation sites is 1. The number of amides is 1. The lowest BCUT2D eigenvalue weighted by molar-refractivity contribution is -0.115. The number of hydrogen-bond acceptors (Lipinski definition) is 4. The van der Waals surface area contributed by atoms with Gasteiger partial charge < -0.3 is 9.73 Å². The molecule has 0 aliphatic heterocycles. The van der Waals surface area contributed by atoms with Gasteiger partial charge >= 0.3 is 5.63 Å². The first-order valence-electron chi connectivity index (χ1n) is 9.96. The topological polar surface area (TPSA) is 72.2 Å². The number of nitrogens with zero attached hydrogens (tertiary/aromatic N) is 1. The molecule has 0 fully saturated rings. The maximum absolute atomic E-state index is 12.9. The number of aryl methyl sites for hydroxylation is 1. The first kappa shape index (κ1) is 18.7. The summed E-state index contributed by atoms with van der Waals surface area (Å²) >= 11 is 0. The van der Waals surface area contributed by atoms with Crippen LogP contribution >= 0.6 is 0 Å². The molecule has 1 N–H and O–H groups in total. The molecule has 0 spiro atoms. The SMILES string of the molecule is CCC(=O)Nc1nc2c(c3c1c(=O)oc1ccccc13)C[C@H](C(C)(C)C)CC2. The summed E-state index contributed by atoms with van der Waals surface area (Å²) in [5.41, 5.74) is 2.40. The minimum atomic E-state index is -0.451. The lowest BCUT2D eigenvalue weighted by Crippen LogP contribution is -2.28. The van der Waals surface area contributed by atoms with Crippen molar-refractivity contribution in [1.29, 1.82) is 0 Å². The maximum Gasteiger partial charge on any atom is 0.347 e. The molecule has 5 nitrogen and oxygen atoms in total. The molecule has 146 valence electrons. The van der Waals surface area contributed by atoms with Crippen LogP contribution in [0.5, 0.6) is 0 Å². The van der Waals surface area contributed by atoms with Crippen LogP contribution in [0.1, 0.15) is 51.8 Å². The molecule has 1 aromatic carbocycles.